The van der Waals surface area contributed by atoms with Gasteiger partial charge in [0.25, 0.3) is 0 Å². The Kier molecular flexibility index (Phi) is 6.47. The van der Waals surface area contributed by atoms with Crippen LogP contribution in [0.25, 0.3) is 0 Å². The van der Waals surface area contributed by atoms with Crippen LogP contribution in [0.15, 0.2) is 24.8 Å². The highest BCUT2D eigenvalue weighted by Gasteiger charge is 2.60. The fourth-order valence-corrected chi connectivity index (χ4v) is 4.83. The average molecular weight is 436 g/mol. The Balaban J connectivity index is 1.55. The van der Waals surface area contributed by atoms with Crippen molar-refractivity contribution in [3.05, 3.63) is 41.7 Å². The number of carbonyl (C=O) groups is 1. The molecular formula is C24H32F3N3O. The molecule has 3 atom stereocenters. The summed E-state index contributed by atoms with van der Waals surface area (Å²) in [4.78, 5) is 16.5. The molecule has 0 bridgehead atoms. The number of fused-ring (bicyclic) bond motifs is 1. The van der Waals surface area contributed by atoms with Crippen LogP contribution in [-0.4, -0.2) is 28.6 Å². The lowest BCUT2D eigenvalue weighted by Crippen LogP contribution is -2.35. The van der Waals surface area contributed by atoms with Gasteiger partial charge < -0.3 is 10.7 Å². The number of aromatic nitrogens is 1. The molecule has 2 aliphatic rings. The lowest BCUT2D eigenvalue weighted by atomic mass is 9.81. The highest BCUT2D eigenvalue weighted by Crippen LogP contribution is 2.58. The first-order chi connectivity index (χ1) is 14.3. The normalized spacial score (nSPS) is 25.2. The van der Waals surface area contributed by atoms with E-state index >= 15 is 0 Å². The second kappa shape index (κ2) is 8.49. The fraction of sp³-hybridized carbons (Fsp3) is 0.625. The number of piperidine rings is 1. The van der Waals surface area contributed by atoms with Gasteiger partial charge in [0.15, 0.2) is 5.78 Å². The smallest absolute Gasteiger partial charge is 0.310 e. The van der Waals surface area contributed by atoms with Crippen LogP contribution in [0.1, 0.15) is 69.3 Å². The number of allylic oxidation sites excluding steroid dienone is 1. The summed E-state index contributed by atoms with van der Waals surface area (Å²) in [6, 6.07) is 2.25. The molecule has 1 aliphatic carbocycles. The third-order valence-corrected chi connectivity index (χ3v) is 6.74. The Hall–Kier alpha value is -2.02. The van der Waals surface area contributed by atoms with Gasteiger partial charge in [-0.3, -0.25) is 4.79 Å². The molecule has 1 aliphatic heterocycles. The number of halogens is 3. The number of hydrogen-bond donors (Lipinski definition) is 2. The Morgan fingerprint density at radius 1 is 1.35 bits per heavy atom. The highest BCUT2D eigenvalue weighted by molar-refractivity contribution is 5.87. The van der Waals surface area contributed by atoms with Gasteiger partial charge in [0.1, 0.15) is 5.69 Å². The van der Waals surface area contributed by atoms with Crippen LogP contribution in [-0.2, 0) is 17.4 Å². The number of alkyl halides is 3. The van der Waals surface area contributed by atoms with Crippen LogP contribution < -0.4 is 5.32 Å². The van der Waals surface area contributed by atoms with Gasteiger partial charge in [0, 0.05) is 11.8 Å². The van der Waals surface area contributed by atoms with E-state index in [-0.39, 0.29) is 40.8 Å². The second-order valence-corrected chi connectivity index (χ2v) is 10.1. The molecule has 4 nitrogen and oxygen atoms in total. The minimum Gasteiger partial charge on any atom is -0.310 e. The summed E-state index contributed by atoms with van der Waals surface area (Å²) in [6.07, 6.45) is 2.15. The van der Waals surface area contributed by atoms with Crippen molar-refractivity contribution in [1.82, 2.24) is 10.3 Å². The lowest BCUT2D eigenvalue weighted by molar-refractivity contribution is -0.141. The SMILES string of the molecule is C=CCC(C)(C)CC(=N)CC[C@@]12C[C@@H](C(=O)Cc3nc(C(F)(F)F)ccc3C)N[C@@H]1C2. The number of ketones is 1. The minimum atomic E-state index is -4.52. The molecule has 1 aromatic heterocycles. The summed E-state index contributed by atoms with van der Waals surface area (Å²) < 4.78 is 38.9. The summed E-state index contributed by atoms with van der Waals surface area (Å²) in [5, 5.41) is 11.7. The third kappa shape index (κ3) is 5.62. The number of nitrogens with zero attached hydrogens (tertiary/aromatic N) is 1. The predicted octanol–water partition coefficient (Wildman–Crippen LogP) is 5.43. The molecule has 0 aromatic carbocycles. The minimum absolute atomic E-state index is 0.0295. The fourth-order valence-electron chi connectivity index (χ4n) is 4.83. The van der Waals surface area contributed by atoms with Crippen LogP contribution in [0.5, 0.6) is 0 Å². The molecule has 0 amide bonds. The second-order valence-electron chi connectivity index (χ2n) is 10.1. The van der Waals surface area contributed by atoms with E-state index in [0.29, 0.717) is 18.4 Å². The van der Waals surface area contributed by atoms with Crippen molar-refractivity contribution in [1.29, 1.82) is 5.41 Å². The van der Waals surface area contributed by atoms with E-state index in [1.165, 1.54) is 6.07 Å². The monoisotopic (exact) mass is 435 g/mol. The van der Waals surface area contributed by atoms with Crippen molar-refractivity contribution in [2.24, 2.45) is 10.8 Å². The molecule has 3 rings (SSSR count). The molecular weight excluding hydrogens is 403 g/mol. The number of carbonyl (C=O) groups excluding carboxylic acids is 1. The maximum atomic E-state index is 13.0. The van der Waals surface area contributed by atoms with Gasteiger partial charge in [0.2, 0.25) is 0 Å². The number of aryl methyl sites for hydroxylation is 1. The molecule has 170 valence electrons. The highest BCUT2D eigenvalue weighted by atomic mass is 19.4. The largest absolute Gasteiger partial charge is 0.433 e. The van der Waals surface area contributed by atoms with Crippen molar-refractivity contribution in [3.8, 4) is 0 Å². The lowest BCUT2D eigenvalue weighted by Gasteiger charge is -2.24. The molecule has 2 N–H and O–H groups in total. The average Bonchev–Trinajstić information content (AvgIpc) is 3.20. The number of hydrogen-bond acceptors (Lipinski definition) is 4. The molecule has 1 saturated carbocycles. The Bertz CT molecular complexity index is 877. The standard InChI is InChI=1S/C24H32F3N3O/c1-5-9-22(3,4)12-16(28)8-10-23-13-18(30-21(23)14-23)19(31)11-17-15(2)6-7-20(29-17)24(25,26)27/h5-7,18,21,28,30H,1,8-14H2,2-4H3/t18-,21+,23-/m0/s1. The summed E-state index contributed by atoms with van der Waals surface area (Å²) >= 11 is 0. The maximum Gasteiger partial charge on any atom is 0.433 e. The summed E-state index contributed by atoms with van der Waals surface area (Å²) in [5.41, 5.74) is 0.632. The van der Waals surface area contributed by atoms with E-state index in [2.05, 4.69) is 30.7 Å². The first-order valence-electron chi connectivity index (χ1n) is 10.8. The van der Waals surface area contributed by atoms with E-state index in [9.17, 15) is 18.0 Å². The Morgan fingerprint density at radius 3 is 2.71 bits per heavy atom. The van der Waals surface area contributed by atoms with Gasteiger partial charge in [0.05, 0.1) is 18.2 Å². The molecule has 2 heterocycles. The van der Waals surface area contributed by atoms with Gasteiger partial charge >= 0.3 is 6.18 Å². The van der Waals surface area contributed by atoms with Gasteiger partial charge in [-0.05, 0) is 67.9 Å². The van der Waals surface area contributed by atoms with Gasteiger partial charge in [-0.1, -0.05) is 26.0 Å². The van der Waals surface area contributed by atoms with E-state index in [4.69, 9.17) is 5.41 Å². The number of Topliss-reactive ketones (excluding diaryl/α,β-unsaturated/α-hetero) is 1. The van der Waals surface area contributed by atoms with Crippen molar-refractivity contribution >= 4 is 11.5 Å². The number of rotatable bonds is 10. The van der Waals surface area contributed by atoms with Gasteiger partial charge in [-0.2, -0.15) is 13.2 Å². The molecule has 0 spiro atoms. The molecule has 0 unspecified atom stereocenters. The van der Waals surface area contributed by atoms with E-state index in [0.717, 1.165) is 37.5 Å². The Labute approximate surface area is 182 Å². The first-order valence-corrected chi connectivity index (χ1v) is 10.8. The summed E-state index contributed by atoms with van der Waals surface area (Å²) in [5.74, 6) is -0.108. The molecule has 7 heteroatoms. The van der Waals surface area contributed by atoms with Gasteiger partial charge in [-0.15, -0.1) is 6.58 Å². The van der Waals surface area contributed by atoms with Crippen LogP contribution in [0.4, 0.5) is 13.2 Å². The van der Waals surface area contributed by atoms with Gasteiger partial charge in [-0.25, -0.2) is 4.98 Å². The third-order valence-electron chi connectivity index (χ3n) is 6.74. The van der Waals surface area contributed by atoms with Crippen molar-refractivity contribution < 1.29 is 18.0 Å². The van der Waals surface area contributed by atoms with E-state index in [1.54, 1.807) is 6.92 Å². The Morgan fingerprint density at radius 2 is 2.06 bits per heavy atom. The zero-order valence-electron chi connectivity index (χ0n) is 18.5. The van der Waals surface area contributed by atoms with Crippen molar-refractivity contribution in [2.45, 2.75) is 84.0 Å². The van der Waals surface area contributed by atoms with Crippen LogP contribution >= 0.6 is 0 Å². The molecule has 1 aromatic rings. The number of nitrogens with one attached hydrogen (secondary N) is 2. The molecule has 0 radical (unpaired) electrons. The van der Waals surface area contributed by atoms with Crippen molar-refractivity contribution in [2.75, 3.05) is 0 Å². The maximum absolute atomic E-state index is 13.0. The van der Waals surface area contributed by atoms with E-state index < -0.39 is 11.9 Å². The van der Waals surface area contributed by atoms with Crippen LogP contribution in [0.2, 0.25) is 0 Å². The summed E-state index contributed by atoms with van der Waals surface area (Å²) in [6.45, 7) is 9.73. The van der Waals surface area contributed by atoms with Crippen molar-refractivity contribution in [3.63, 3.8) is 0 Å². The molecule has 31 heavy (non-hydrogen) atoms. The van der Waals surface area contributed by atoms with Crippen LogP contribution in [0, 0.1) is 23.2 Å². The zero-order valence-corrected chi connectivity index (χ0v) is 18.5. The summed E-state index contributed by atoms with van der Waals surface area (Å²) in [7, 11) is 0. The topological polar surface area (TPSA) is 65.8 Å². The predicted molar refractivity (Wildman–Crippen MR) is 115 cm³/mol. The number of pyridine rings is 1. The van der Waals surface area contributed by atoms with Crippen LogP contribution in [0.3, 0.4) is 0 Å². The quantitative estimate of drug-likeness (QED) is 0.380. The zero-order chi connectivity index (χ0) is 23.0. The molecule has 2 fully saturated rings. The first kappa shape index (κ1) is 23.6. The van der Waals surface area contributed by atoms with E-state index in [1.807, 2.05) is 6.08 Å². The molecule has 1 saturated heterocycles.